The molecule has 6 nitrogen and oxygen atoms in total. The van der Waals surface area contributed by atoms with Crippen molar-refractivity contribution in [2.24, 2.45) is 0 Å². The van der Waals surface area contributed by atoms with Crippen molar-refractivity contribution in [1.82, 2.24) is 14.4 Å². The van der Waals surface area contributed by atoms with E-state index in [2.05, 4.69) is 0 Å². The molecule has 1 saturated heterocycles. The zero-order valence-electron chi connectivity index (χ0n) is 13.3. The standard InChI is InChI=1S/C17H21N3O3/c1-18(2)13-9-15(17(22)23)20(10-13)16(21)11-19-8-7-12-5-3-4-6-14(12)19/h3-8,13,15H,9-11H2,1-2H3,(H,22,23)/t13-,15+/m1/s1. The summed E-state index contributed by atoms with van der Waals surface area (Å²) >= 11 is 0. The number of amides is 1. The van der Waals surface area contributed by atoms with Crippen LogP contribution in [0.25, 0.3) is 10.9 Å². The molecule has 0 spiro atoms. The van der Waals surface area contributed by atoms with Gasteiger partial charge in [0.2, 0.25) is 5.91 Å². The molecule has 0 bridgehead atoms. The molecule has 23 heavy (non-hydrogen) atoms. The van der Waals surface area contributed by atoms with E-state index in [0.717, 1.165) is 10.9 Å². The van der Waals surface area contributed by atoms with Crippen LogP contribution in [0, 0.1) is 0 Å². The van der Waals surface area contributed by atoms with Gasteiger partial charge in [-0.1, -0.05) is 18.2 Å². The van der Waals surface area contributed by atoms with E-state index in [4.69, 9.17) is 0 Å². The number of fused-ring (bicyclic) bond motifs is 1. The molecule has 1 fully saturated rings. The van der Waals surface area contributed by atoms with Gasteiger partial charge in [0.1, 0.15) is 12.6 Å². The van der Waals surface area contributed by atoms with Crippen LogP contribution < -0.4 is 0 Å². The normalized spacial score (nSPS) is 21.3. The van der Waals surface area contributed by atoms with Crippen LogP contribution in [0.15, 0.2) is 36.5 Å². The number of carboxylic acid groups (broad SMARTS) is 1. The highest BCUT2D eigenvalue weighted by Crippen LogP contribution is 2.22. The minimum Gasteiger partial charge on any atom is -0.480 e. The summed E-state index contributed by atoms with van der Waals surface area (Å²) < 4.78 is 1.87. The van der Waals surface area contributed by atoms with E-state index < -0.39 is 12.0 Å². The lowest BCUT2D eigenvalue weighted by molar-refractivity contribution is -0.148. The fourth-order valence-electron chi connectivity index (χ4n) is 3.21. The number of aliphatic carboxylic acids is 1. The van der Waals surface area contributed by atoms with E-state index in [9.17, 15) is 14.7 Å². The predicted octanol–water partition coefficient (Wildman–Crippen LogP) is 1.26. The molecular weight excluding hydrogens is 294 g/mol. The van der Waals surface area contributed by atoms with Crippen LogP contribution in [0.2, 0.25) is 0 Å². The Kier molecular flexibility index (Phi) is 4.09. The maximum absolute atomic E-state index is 12.7. The largest absolute Gasteiger partial charge is 0.480 e. The molecule has 122 valence electrons. The van der Waals surface area contributed by atoms with E-state index in [1.807, 2.05) is 60.1 Å². The molecule has 1 aromatic heterocycles. The fraction of sp³-hybridized carbons (Fsp3) is 0.412. The summed E-state index contributed by atoms with van der Waals surface area (Å²) in [6.07, 6.45) is 2.35. The van der Waals surface area contributed by atoms with E-state index in [1.54, 1.807) is 0 Å². The number of hydrogen-bond acceptors (Lipinski definition) is 3. The van der Waals surface area contributed by atoms with Crippen LogP contribution in [0.5, 0.6) is 0 Å². The number of nitrogens with zero attached hydrogens (tertiary/aromatic N) is 3. The highest BCUT2D eigenvalue weighted by Gasteiger charge is 2.40. The number of carbonyl (C=O) groups is 2. The molecule has 0 radical (unpaired) electrons. The number of hydrogen-bond donors (Lipinski definition) is 1. The molecule has 0 saturated carbocycles. The Morgan fingerprint density at radius 3 is 2.70 bits per heavy atom. The number of likely N-dealkylation sites (tertiary alicyclic amines) is 1. The second kappa shape index (κ2) is 6.04. The molecule has 1 aromatic carbocycles. The minimum atomic E-state index is -0.930. The molecule has 2 atom stereocenters. The van der Waals surface area contributed by atoms with Crippen molar-refractivity contribution in [3.05, 3.63) is 36.5 Å². The second-order valence-electron chi connectivity index (χ2n) is 6.26. The van der Waals surface area contributed by atoms with Crippen LogP contribution in [-0.4, -0.2) is 64.1 Å². The molecular formula is C17H21N3O3. The number of aromatic nitrogens is 1. The van der Waals surface area contributed by atoms with Crippen molar-refractivity contribution in [2.45, 2.75) is 25.0 Å². The van der Waals surface area contributed by atoms with Crippen molar-refractivity contribution in [1.29, 1.82) is 0 Å². The molecule has 6 heteroatoms. The zero-order chi connectivity index (χ0) is 16.6. The fourth-order valence-corrected chi connectivity index (χ4v) is 3.21. The van der Waals surface area contributed by atoms with Gasteiger partial charge in [-0.05, 0) is 38.0 Å². The van der Waals surface area contributed by atoms with Gasteiger partial charge in [-0.25, -0.2) is 4.79 Å². The van der Waals surface area contributed by atoms with Crippen LogP contribution in [-0.2, 0) is 16.1 Å². The molecule has 2 heterocycles. The first-order chi connectivity index (χ1) is 11.0. The third-order valence-corrected chi connectivity index (χ3v) is 4.60. The van der Waals surface area contributed by atoms with Gasteiger partial charge < -0.3 is 19.5 Å². The Morgan fingerprint density at radius 1 is 1.26 bits per heavy atom. The third-order valence-electron chi connectivity index (χ3n) is 4.60. The summed E-state index contributed by atoms with van der Waals surface area (Å²) in [5.41, 5.74) is 0.982. The van der Waals surface area contributed by atoms with Crippen LogP contribution in [0.4, 0.5) is 0 Å². The highest BCUT2D eigenvalue weighted by atomic mass is 16.4. The number of carbonyl (C=O) groups excluding carboxylic acids is 1. The van der Waals surface area contributed by atoms with Gasteiger partial charge in [0.25, 0.3) is 0 Å². The lowest BCUT2D eigenvalue weighted by atomic mass is 10.1. The van der Waals surface area contributed by atoms with Crippen LogP contribution in [0.3, 0.4) is 0 Å². The Morgan fingerprint density at radius 2 is 2.00 bits per heavy atom. The average Bonchev–Trinajstić information content (AvgIpc) is 3.12. The molecule has 1 N–H and O–H groups in total. The molecule has 3 rings (SSSR count). The quantitative estimate of drug-likeness (QED) is 0.922. The van der Waals surface area contributed by atoms with Crippen molar-refractivity contribution < 1.29 is 14.7 Å². The topological polar surface area (TPSA) is 65.8 Å². The number of para-hydroxylation sites is 1. The SMILES string of the molecule is CN(C)[C@@H]1C[C@@H](C(=O)O)N(C(=O)Cn2ccc3ccccc32)C1. The molecule has 1 aliphatic rings. The number of carboxylic acids is 1. The predicted molar refractivity (Wildman–Crippen MR) is 87.2 cm³/mol. The van der Waals surface area contributed by atoms with Gasteiger partial charge in [0, 0.05) is 24.3 Å². The van der Waals surface area contributed by atoms with E-state index in [1.165, 1.54) is 4.90 Å². The van der Waals surface area contributed by atoms with Crippen molar-refractivity contribution in [3.8, 4) is 0 Å². The van der Waals surface area contributed by atoms with E-state index >= 15 is 0 Å². The molecule has 0 aliphatic carbocycles. The lowest BCUT2D eigenvalue weighted by Gasteiger charge is -2.22. The van der Waals surface area contributed by atoms with E-state index in [0.29, 0.717) is 13.0 Å². The van der Waals surface area contributed by atoms with E-state index in [-0.39, 0.29) is 18.5 Å². The zero-order valence-corrected chi connectivity index (χ0v) is 13.3. The summed E-state index contributed by atoms with van der Waals surface area (Å²) in [5.74, 6) is -1.08. The van der Waals surface area contributed by atoms with Crippen LogP contribution >= 0.6 is 0 Å². The monoisotopic (exact) mass is 315 g/mol. The van der Waals surface area contributed by atoms with Gasteiger partial charge in [-0.3, -0.25) is 4.79 Å². The number of rotatable bonds is 4. The first-order valence-corrected chi connectivity index (χ1v) is 7.70. The third kappa shape index (κ3) is 2.94. The molecule has 2 aromatic rings. The second-order valence-corrected chi connectivity index (χ2v) is 6.26. The van der Waals surface area contributed by atoms with Gasteiger partial charge in [-0.15, -0.1) is 0 Å². The maximum atomic E-state index is 12.7. The molecule has 1 amide bonds. The Hall–Kier alpha value is -2.34. The van der Waals surface area contributed by atoms with Gasteiger partial charge in [0.05, 0.1) is 0 Å². The molecule has 0 unspecified atom stereocenters. The smallest absolute Gasteiger partial charge is 0.326 e. The summed E-state index contributed by atoms with van der Waals surface area (Å²) in [4.78, 5) is 27.6. The first-order valence-electron chi connectivity index (χ1n) is 7.70. The summed E-state index contributed by atoms with van der Waals surface area (Å²) in [6, 6.07) is 9.15. The number of likely N-dealkylation sites (N-methyl/N-ethyl adjacent to an activating group) is 1. The lowest BCUT2D eigenvalue weighted by Crippen LogP contribution is -2.42. The Labute approximate surface area is 134 Å². The van der Waals surface area contributed by atoms with Crippen molar-refractivity contribution in [3.63, 3.8) is 0 Å². The number of benzene rings is 1. The van der Waals surface area contributed by atoms with Gasteiger partial charge >= 0.3 is 5.97 Å². The first kappa shape index (κ1) is 15.6. The van der Waals surface area contributed by atoms with Crippen molar-refractivity contribution in [2.75, 3.05) is 20.6 Å². The summed E-state index contributed by atoms with van der Waals surface area (Å²) in [5, 5.41) is 10.5. The minimum absolute atomic E-state index is 0.0847. The molecule has 1 aliphatic heterocycles. The Balaban J connectivity index is 1.80. The maximum Gasteiger partial charge on any atom is 0.326 e. The highest BCUT2D eigenvalue weighted by molar-refractivity contribution is 5.86. The summed E-state index contributed by atoms with van der Waals surface area (Å²) in [7, 11) is 3.83. The van der Waals surface area contributed by atoms with Crippen molar-refractivity contribution >= 4 is 22.8 Å². The average molecular weight is 315 g/mol. The van der Waals surface area contributed by atoms with Crippen LogP contribution in [0.1, 0.15) is 6.42 Å². The summed E-state index contributed by atoms with van der Waals surface area (Å²) in [6.45, 7) is 0.624. The Bertz CT molecular complexity index is 738. The van der Waals surface area contributed by atoms with Gasteiger partial charge in [0.15, 0.2) is 0 Å². The van der Waals surface area contributed by atoms with Gasteiger partial charge in [-0.2, -0.15) is 0 Å².